The zero-order valence-corrected chi connectivity index (χ0v) is 11.2. The molecule has 100 valence electrons. The molecule has 0 spiro atoms. The van der Waals surface area contributed by atoms with E-state index in [0.29, 0.717) is 19.3 Å². The molecule has 0 unspecified atom stereocenters. The van der Waals surface area contributed by atoms with E-state index < -0.39 is 11.4 Å². The molecule has 0 heterocycles. The molecule has 5 nitrogen and oxygen atoms in total. The Bertz CT molecular complexity index is 428. The Kier molecular flexibility index (Phi) is 2.95. The maximum absolute atomic E-state index is 12.3. The molecule has 5 heteroatoms. The number of Topliss-reactive ketones (excluding diaryl/α,β-unsaturated/α-hetero) is 1. The van der Waals surface area contributed by atoms with Gasteiger partial charge in [0.25, 0.3) is 0 Å². The molecule has 18 heavy (non-hydrogen) atoms. The number of carbonyl (C=O) groups excluding carboxylic acids is 2. The maximum atomic E-state index is 12.3. The summed E-state index contributed by atoms with van der Waals surface area (Å²) in [4.78, 5) is 29.3. The molecule has 0 aromatic carbocycles. The highest BCUT2D eigenvalue weighted by Crippen LogP contribution is 2.64. The zero-order chi connectivity index (χ0) is 13.6. The number of nitrogens with two attached hydrogens (primary N) is 1. The molecule has 2 saturated carbocycles. The average Bonchev–Trinajstić information content (AvgIpc) is 2.69. The highest BCUT2D eigenvalue weighted by atomic mass is 16.7. The third-order valence-corrected chi connectivity index (χ3v) is 4.85. The van der Waals surface area contributed by atoms with E-state index in [-0.39, 0.29) is 23.0 Å². The number of nitrogens with zero attached hydrogens (tertiary/aromatic N) is 1. The van der Waals surface area contributed by atoms with Crippen molar-refractivity contribution in [2.45, 2.75) is 46.5 Å². The first kappa shape index (κ1) is 13.1. The summed E-state index contributed by atoms with van der Waals surface area (Å²) in [7, 11) is 0. The fourth-order valence-corrected chi connectivity index (χ4v) is 3.40. The van der Waals surface area contributed by atoms with Crippen molar-refractivity contribution < 1.29 is 14.4 Å². The van der Waals surface area contributed by atoms with Crippen LogP contribution < -0.4 is 5.73 Å². The number of hydrogen-bond donors (Lipinski definition) is 1. The monoisotopic (exact) mass is 252 g/mol. The maximum Gasteiger partial charge on any atom is 0.349 e. The molecule has 0 amide bonds. The van der Waals surface area contributed by atoms with Gasteiger partial charge in [0.2, 0.25) is 0 Å². The summed E-state index contributed by atoms with van der Waals surface area (Å²) < 4.78 is 0. The number of rotatable bonds is 3. The first-order valence-electron chi connectivity index (χ1n) is 6.43. The van der Waals surface area contributed by atoms with E-state index in [2.05, 4.69) is 5.16 Å². The predicted octanol–water partition coefficient (Wildman–Crippen LogP) is 1.61. The van der Waals surface area contributed by atoms with Crippen LogP contribution in [-0.2, 0) is 14.4 Å². The van der Waals surface area contributed by atoms with Gasteiger partial charge in [-0.15, -0.1) is 0 Å². The summed E-state index contributed by atoms with van der Waals surface area (Å²) in [5, 5.41) is 3.59. The lowest BCUT2D eigenvalue weighted by molar-refractivity contribution is -0.164. The lowest BCUT2D eigenvalue weighted by Crippen LogP contribution is -2.44. The zero-order valence-electron chi connectivity index (χ0n) is 11.2. The molecular weight excluding hydrogens is 232 g/mol. The quantitative estimate of drug-likeness (QED) is 0.272. The normalized spacial score (nSPS) is 33.8. The van der Waals surface area contributed by atoms with Gasteiger partial charge in [-0.3, -0.25) is 4.79 Å². The average molecular weight is 252 g/mol. The molecule has 0 aliphatic heterocycles. The minimum absolute atomic E-state index is 0.000908. The lowest BCUT2D eigenvalue weighted by atomic mass is 9.69. The van der Waals surface area contributed by atoms with Crippen LogP contribution >= 0.6 is 0 Å². The second-order valence-electron chi connectivity index (χ2n) is 5.80. The molecule has 2 fully saturated rings. The van der Waals surface area contributed by atoms with Gasteiger partial charge in [0.1, 0.15) is 11.3 Å². The Hall–Kier alpha value is -1.39. The van der Waals surface area contributed by atoms with Crippen molar-refractivity contribution >= 4 is 17.6 Å². The van der Waals surface area contributed by atoms with Gasteiger partial charge in [-0.05, 0) is 24.2 Å². The summed E-state index contributed by atoms with van der Waals surface area (Å²) in [6.07, 6.45) is 2.47. The van der Waals surface area contributed by atoms with Crippen LogP contribution in [0.2, 0.25) is 0 Å². The van der Waals surface area contributed by atoms with Crippen LogP contribution in [-0.4, -0.2) is 17.6 Å². The number of ketones is 1. The van der Waals surface area contributed by atoms with Crippen molar-refractivity contribution in [3.05, 3.63) is 0 Å². The Labute approximate surface area is 107 Å². The van der Waals surface area contributed by atoms with Crippen molar-refractivity contribution in [1.82, 2.24) is 0 Å². The van der Waals surface area contributed by atoms with Gasteiger partial charge in [0, 0.05) is 12.8 Å². The molecular formula is C13H20N2O3. The summed E-state index contributed by atoms with van der Waals surface area (Å²) in [6, 6.07) is 0. The number of amidine groups is 1. The number of fused-ring (bicyclic) bond motifs is 2. The van der Waals surface area contributed by atoms with Crippen LogP contribution in [0.25, 0.3) is 0 Å². The predicted molar refractivity (Wildman–Crippen MR) is 66.6 cm³/mol. The van der Waals surface area contributed by atoms with E-state index in [1.807, 2.05) is 20.8 Å². The van der Waals surface area contributed by atoms with Gasteiger partial charge >= 0.3 is 5.97 Å². The van der Waals surface area contributed by atoms with Gasteiger partial charge in [0.05, 0.1) is 0 Å². The van der Waals surface area contributed by atoms with E-state index in [1.54, 1.807) is 0 Å². The van der Waals surface area contributed by atoms with Gasteiger partial charge in [0.15, 0.2) is 5.78 Å². The molecule has 0 aromatic rings. The van der Waals surface area contributed by atoms with Crippen molar-refractivity contribution in [3.8, 4) is 0 Å². The van der Waals surface area contributed by atoms with E-state index in [1.165, 1.54) is 0 Å². The van der Waals surface area contributed by atoms with E-state index in [4.69, 9.17) is 10.6 Å². The molecule has 2 bridgehead atoms. The molecule has 2 rings (SSSR count). The highest BCUT2D eigenvalue weighted by Gasteiger charge is 2.69. The third kappa shape index (κ3) is 1.49. The molecule has 2 aliphatic rings. The summed E-state index contributed by atoms with van der Waals surface area (Å²) >= 11 is 0. The summed E-state index contributed by atoms with van der Waals surface area (Å²) in [6.45, 7) is 5.77. The Morgan fingerprint density at radius 1 is 1.56 bits per heavy atom. The topological polar surface area (TPSA) is 81.8 Å². The third-order valence-electron chi connectivity index (χ3n) is 4.85. The van der Waals surface area contributed by atoms with Crippen molar-refractivity contribution in [3.63, 3.8) is 0 Å². The van der Waals surface area contributed by atoms with Crippen LogP contribution in [0.4, 0.5) is 0 Å². The standard InChI is InChI=1S/C13H20N2O3/c1-4-10(14)15-18-11(17)13-6-5-8(7-9(13)16)12(13,2)3/h8H,4-7H2,1-3H3,(H2,14,15)/t8-,13+/m1/s1. The lowest BCUT2D eigenvalue weighted by Gasteiger charge is -2.32. The van der Waals surface area contributed by atoms with Crippen LogP contribution in [0.5, 0.6) is 0 Å². The number of oxime groups is 1. The minimum Gasteiger partial charge on any atom is -0.384 e. The summed E-state index contributed by atoms with van der Waals surface area (Å²) in [5.74, 6) is 0.00974. The van der Waals surface area contributed by atoms with Crippen LogP contribution in [0.15, 0.2) is 5.16 Å². The smallest absolute Gasteiger partial charge is 0.349 e. The Balaban J connectivity index is 2.25. The van der Waals surface area contributed by atoms with Gasteiger partial charge in [-0.25, -0.2) is 4.79 Å². The van der Waals surface area contributed by atoms with E-state index in [9.17, 15) is 9.59 Å². The molecule has 2 atom stereocenters. The molecule has 0 saturated heterocycles. The van der Waals surface area contributed by atoms with Gasteiger partial charge in [-0.2, -0.15) is 0 Å². The van der Waals surface area contributed by atoms with Gasteiger partial charge < -0.3 is 10.6 Å². The fraction of sp³-hybridized carbons (Fsp3) is 0.769. The largest absolute Gasteiger partial charge is 0.384 e. The van der Waals surface area contributed by atoms with E-state index in [0.717, 1.165) is 6.42 Å². The SMILES string of the molecule is CC/C(N)=N/OC(=O)[C@]12CC[C@H](CC1=O)C2(C)C. The van der Waals surface area contributed by atoms with Crippen molar-refractivity contribution in [2.75, 3.05) is 0 Å². The van der Waals surface area contributed by atoms with Crippen molar-refractivity contribution in [1.29, 1.82) is 0 Å². The minimum atomic E-state index is -1.00. The second-order valence-corrected chi connectivity index (χ2v) is 5.80. The van der Waals surface area contributed by atoms with Crippen LogP contribution in [0.3, 0.4) is 0 Å². The van der Waals surface area contributed by atoms with Crippen LogP contribution in [0.1, 0.15) is 46.5 Å². The molecule has 2 N–H and O–H groups in total. The number of carbonyl (C=O) groups is 2. The highest BCUT2D eigenvalue weighted by molar-refractivity contribution is 6.07. The Morgan fingerprint density at radius 2 is 2.22 bits per heavy atom. The molecule has 0 aromatic heterocycles. The van der Waals surface area contributed by atoms with Crippen molar-refractivity contribution in [2.24, 2.45) is 27.6 Å². The first-order chi connectivity index (χ1) is 8.36. The second kappa shape index (κ2) is 4.07. The molecule has 0 radical (unpaired) electrons. The van der Waals surface area contributed by atoms with Crippen LogP contribution in [0, 0.1) is 16.7 Å². The number of hydrogen-bond acceptors (Lipinski definition) is 4. The first-order valence-corrected chi connectivity index (χ1v) is 6.43. The van der Waals surface area contributed by atoms with E-state index >= 15 is 0 Å². The van der Waals surface area contributed by atoms with Gasteiger partial charge in [-0.1, -0.05) is 25.9 Å². The Morgan fingerprint density at radius 3 is 2.67 bits per heavy atom. The summed E-state index contributed by atoms with van der Waals surface area (Å²) in [5.41, 5.74) is 4.16. The fourth-order valence-electron chi connectivity index (χ4n) is 3.40. The molecule has 2 aliphatic carbocycles.